The Labute approximate surface area is 97.6 Å². The number of hydrogen-bond acceptors (Lipinski definition) is 1. The molecule has 0 fully saturated rings. The Hall–Kier alpha value is 0.284. The largest absolute Gasteiger partial charge is 0.266 e. The first-order chi connectivity index (χ1) is 5.52. The van der Waals surface area contributed by atoms with Crippen LogP contribution < -0.4 is 0 Å². The summed E-state index contributed by atoms with van der Waals surface area (Å²) in [6.45, 7) is 11.1. The maximum atomic E-state index is 3.44. The summed E-state index contributed by atoms with van der Waals surface area (Å²) < 4.78 is 0. The molecule has 1 aromatic heterocycles. The molecule has 1 rings (SSSR count). The van der Waals surface area contributed by atoms with Gasteiger partial charge in [0.25, 0.3) is 0 Å². The van der Waals surface area contributed by atoms with Crippen molar-refractivity contribution in [2.24, 2.45) is 0 Å². The van der Waals surface area contributed by atoms with Crippen LogP contribution in [0.5, 0.6) is 0 Å². The molecule has 1 radical (unpaired) electrons. The first kappa shape index (κ1) is 13.3. The van der Waals surface area contributed by atoms with Crippen molar-refractivity contribution in [1.29, 1.82) is 0 Å². The molecule has 1 heterocycles. The predicted octanol–water partition coefficient (Wildman–Crippen LogP) is 4.10. The van der Waals surface area contributed by atoms with E-state index >= 15 is 0 Å². The number of aryl methyl sites for hydroxylation is 1. The molecule has 0 aliphatic heterocycles. The van der Waals surface area contributed by atoms with E-state index in [1.807, 2.05) is 11.3 Å². The Kier molecular flexibility index (Phi) is 5.35. The topological polar surface area (TPSA) is 0 Å². The van der Waals surface area contributed by atoms with Crippen molar-refractivity contribution in [2.75, 3.05) is 0 Å². The zero-order valence-corrected chi connectivity index (χ0v) is 11.2. The third-order valence-electron chi connectivity index (χ3n) is 1.94. The van der Waals surface area contributed by atoms with E-state index in [4.69, 9.17) is 0 Å². The van der Waals surface area contributed by atoms with Crippen LogP contribution in [0.4, 0.5) is 0 Å². The van der Waals surface area contributed by atoms with Gasteiger partial charge < -0.3 is 0 Å². The first-order valence-electron chi connectivity index (χ1n) is 4.54. The molecule has 0 amide bonds. The molecule has 0 saturated heterocycles. The van der Waals surface area contributed by atoms with Crippen LogP contribution in [0.3, 0.4) is 0 Å². The van der Waals surface area contributed by atoms with Gasteiger partial charge in [-0.25, -0.2) is 11.6 Å². The molecule has 0 aliphatic carbocycles. The second-order valence-electron chi connectivity index (χ2n) is 3.87. The average Bonchev–Trinajstić information content (AvgIpc) is 2.31. The van der Waals surface area contributed by atoms with E-state index < -0.39 is 0 Å². The molecule has 0 saturated carbocycles. The fraction of sp³-hybridized carbons (Fsp3) is 0.636. The van der Waals surface area contributed by atoms with Crippen LogP contribution in [-0.4, -0.2) is 0 Å². The minimum atomic E-state index is 0. The van der Waals surface area contributed by atoms with Crippen molar-refractivity contribution in [2.45, 2.75) is 46.5 Å². The van der Waals surface area contributed by atoms with Gasteiger partial charge in [0.1, 0.15) is 0 Å². The molecule has 0 aromatic carbocycles. The van der Waals surface area contributed by atoms with Gasteiger partial charge in [-0.2, -0.15) is 0 Å². The van der Waals surface area contributed by atoms with E-state index in [0.29, 0.717) is 11.8 Å². The van der Waals surface area contributed by atoms with Gasteiger partial charge in [-0.15, -0.1) is 9.75 Å². The Balaban J connectivity index is 0.00000144. The second kappa shape index (κ2) is 5.24. The molecule has 1 aromatic rings. The fourth-order valence-electron chi connectivity index (χ4n) is 1.35. The molecule has 0 atom stereocenters. The summed E-state index contributed by atoms with van der Waals surface area (Å²) in [5.74, 6) is 1.27. The normalized spacial score (nSPS) is 10.7. The second-order valence-corrected chi connectivity index (χ2v) is 5.13. The van der Waals surface area contributed by atoms with Crippen molar-refractivity contribution in [3.05, 3.63) is 21.4 Å². The molecule has 0 aliphatic rings. The molecule has 0 bridgehead atoms. The van der Waals surface area contributed by atoms with Gasteiger partial charge in [0, 0.05) is 18.6 Å². The third kappa shape index (κ3) is 3.16. The number of hydrogen-bond donors (Lipinski definition) is 0. The van der Waals surface area contributed by atoms with Crippen LogP contribution in [0.15, 0.2) is 0 Å². The summed E-state index contributed by atoms with van der Waals surface area (Å²) in [6.07, 6.45) is 0. The van der Waals surface area contributed by atoms with Gasteiger partial charge >= 0.3 is 0 Å². The van der Waals surface area contributed by atoms with E-state index in [1.165, 1.54) is 15.3 Å². The Morgan fingerprint density at radius 1 is 1.08 bits per heavy atom. The van der Waals surface area contributed by atoms with Gasteiger partial charge in [-0.1, -0.05) is 39.5 Å². The molecule has 2 heteroatoms. The van der Waals surface area contributed by atoms with Crippen LogP contribution in [-0.2, 0) is 18.6 Å². The molecule has 0 unspecified atom stereocenters. The SMILES string of the molecule is Cc1[c-]c(C(C)C)c(C(C)C)s1.[V]. The monoisotopic (exact) mass is 232 g/mol. The zero-order chi connectivity index (χ0) is 9.30. The van der Waals surface area contributed by atoms with Crippen LogP contribution in [0.25, 0.3) is 0 Å². The Bertz CT molecular complexity index is 236. The van der Waals surface area contributed by atoms with Crippen LogP contribution >= 0.6 is 11.3 Å². The maximum Gasteiger partial charge on any atom is 0 e. The minimum absolute atomic E-state index is 0. The standard InChI is InChI=1S/C11H17S.V/c1-7(2)10-6-9(5)12-11(10)8(3)4;/h7-8H,1-5H3;/q-1;. The summed E-state index contributed by atoms with van der Waals surface area (Å²) in [6, 6.07) is 3.44. The molecule has 0 N–H and O–H groups in total. The summed E-state index contributed by atoms with van der Waals surface area (Å²) in [5, 5.41) is 0. The molecular weight excluding hydrogens is 215 g/mol. The zero-order valence-electron chi connectivity index (χ0n) is 9.01. The summed E-state index contributed by atoms with van der Waals surface area (Å²) in [5.41, 5.74) is 1.42. The Morgan fingerprint density at radius 2 is 1.62 bits per heavy atom. The molecular formula is C11H17SV-. The van der Waals surface area contributed by atoms with Gasteiger partial charge in [0.15, 0.2) is 0 Å². The summed E-state index contributed by atoms with van der Waals surface area (Å²) in [4.78, 5) is 2.84. The van der Waals surface area contributed by atoms with Gasteiger partial charge in [0.05, 0.1) is 0 Å². The van der Waals surface area contributed by atoms with Gasteiger partial charge in [-0.3, -0.25) is 11.3 Å². The number of thiophene rings is 1. The van der Waals surface area contributed by atoms with Crippen molar-refractivity contribution in [1.82, 2.24) is 0 Å². The maximum absolute atomic E-state index is 3.44. The van der Waals surface area contributed by atoms with Crippen molar-refractivity contribution in [3.8, 4) is 0 Å². The van der Waals surface area contributed by atoms with E-state index in [9.17, 15) is 0 Å². The van der Waals surface area contributed by atoms with Crippen molar-refractivity contribution < 1.29 is 18.6 Å². The van der Waals surface area contributed by atoms with E-state index in [1.54, 1.807) is 0 Å². The van der Waals surface area contributed by atoms with E-state index in [2.05, 4.69) is 40.7 Å². The summed E-state index contributed by atoms with van der Waals surface area (Å²) >= 11 is 1.90. The molecule has 13 heavy (non-hydrogen) atoms. The Morgan fingerprint density at radius 3 is 1.92 bits per heavy atom. The average molecular weight is 232 g/mol. The first-order valence-corrected chi connectivity index (χ1v) is 5.36. The van der Waals surface area contributed by atoms with Crippen molar-refractivity contribution in [3.63, 3.8) is 0 Å². The predicted molar refractivity (Wildman–Crippen MR) is 56.1 cm³/mol. The van der Waals surface area contributed by atoms with Crippen LogP contribution in [0.2, 0.25) is 0 Å². The minimum Gasteiger partial charge on any atom is -0.266 e. The smallest absolute Gasteiger partial charge is 0 e. The van der Waals surface area contributed by atoms with Crippen LogP contribution in [0.1, 0.15) is 54.8 Å². The van der Waals surface area contributed by atoms with Crippen LogP contribution in [0, 0.1) is 13.0 Å². The van der Waals surface area contributed by atoms with Crippen molar-refractivity contribution >= 4 is 11.3 Å². The van der Waals surface area contributed by atoms with E-state index in [-0.39, 0.29) is 18.6 Å². The van der Waals surface area contributed by atoms with E-state index in [0.717, 1.165) is 0 Å². The molecule has 0 spiro atoms. The fourth-order valence-corrected chi connectivity index (χ4v) is 2.48. The molecule has 0 nitrogen and oxygen atoms in total. The summed E-state index contributed by atoms with van der Waals surface area (Å²) in [7, 11) is 0. The quantitative estimate of drug-likeness (QED) is 0.673. The molecule has 73 valence electrons. The van der Waals surface area contributed by atoms with Gasteiger partial charge in [0.2, 0.25) is 0 Å². The van der Waals surface area contributed by atoms with Gasteiger partial charge in [-0.05, 0) is 6.92 Å². The number of rotatable bonds is 2. The third-order valence-corrected chi connectivity index (χ3v) is 3.26.